The van der Waals surface area contributed by atoms with E-state index < -0.39 is 16.1 Å². The Bertz CT molecular complexity index is 884. The van der Waals surface area contributed by atoms with E-state index in [2.05, 4.69) is 0 Å². The molecule has 0 aliphatic carbocycles. The van der Waals surface area contributed by atoms with Crippen LogP contribution < -0.4 is 4.90 Å². The molecule has 146 valence electrons. The number of esters is 1. The van der Waals surface area contributed by atoms with Crippen LogP contribution in [0.5, 0.6) is 0 Å². The van der Waals surface area contributed by atoms with Gasteiger partial charge in [-0.05, 0) is 43.5 Å². The third kappa shape index (κ3) is 4.69. The molecule has 0 unspecified atom stereocenters. The largest absolute Gasteiger partial charge is 0.455 e. The van der Waals surface area contributed by atoms with E-state index >= 15 is 0 Å². The number of carbonyl (C=O) groups is 2. The van der Waals surface area contributed by atoms with Gasteiger partial charge in [0.25, 0.3) is 11.6 Å². The Labute approximate surface area is 166 Å². The highest BCUT2D eigenvalue weighted by Crippen LogP contribution is 2.28. The van der Waals surface area contributed by atoms with Gasteiger partial charge in [0, 0.05) is 29.3 Å². The summed E-state index contributed by atoms with van der Waals surface area (Å²) in [6, 6.07) is 13.7. The predicted molar refractivity (Wildman–Crippen MR) is 106 cm³/mol. The van der Waals surface area contributed by atoms with Crippen molar-refractivity contribution in [1.29, 1.82) is 0 Å². The number of anilines is 1. The van der Waals surface area contributed by atoms with E-state index in [-0.39, 0.29) is 18.2 Å². The van der Waals surface area contributed by atoms with Gasteiger partial charge in [-0.3, -0.25) is 19.7 Å². The molecule has 1 aliphatic heterocycles. The summed E-state index contributed by atoms with van der Waals surface area (Å²) in [4.78, 5) is 37.4. The monoisotopic (exact) mass is 400 g/mol. The zero-order valence-corrected chi connectivity index (χ0v) is 16.2. The van der Waals surface area contributed by atoms with Crippen molar-refractivity contribution < 1.29 is 19.2 Å². The lowest BCUT2D eigenvalue weighted by molar-refractivity contribution is -0.384. The number of hydrogen-bond acceptors (Lipinski definition) is 6. The number of hydrogen-bond donors (Lipinski definition) is 0. The maximum atomic E-state index is 12.5. The second-order valence-corrected chi connectivity index (χ2v) is 7.81. The molecule has 0 spiro atoms. The van der Waals surface area contributed by atoms with Crippen molar-refractivity contribution in [3.05, 3.63) is 64.2 Å². The van der Waals surface area contributed by atoms with Gasteiger partial charge >= 0.3 is 5.97 Å². The summed E-state index contributed by atoms with van der Waals surface area (Å²) >= 11 is 1.23. The molecule has 0 aromatic heterocycles. The van der Waals surface area contributed by atoms with Crippen LogP contribution in [0.4, 0.5) is 11.4 Å². The fourth-order valence-electron chi connectivity index (χ4n) is 3.02. The Kier molecular flexibility index (Phi) is 6.30. The van der Waals surface area contributed by atoms with Gasteiger partial charge in [-0.2, -0.15) is 0 Å². The lowest BCUT2D eigenvalue weighted by atomic mass is 10.0. The summed E-state index contributed by atoms with van der Waals surface area (Å²) < 4.78 is 5.21. The molecule has 2 aromatic rings. The molecule has 28 heavy (non-hydrogen) atoms. The first kappa shape index (κ1) is 19.9. The van der Waals surface area contributed by atoms with Gasteiger partial charge in [0.2, 0.25) is 0 Å². The molecular weight excluding hydrogens is 380 g/mol. The molecule has 0 radical (unpaired) electrons. The highest BCUT2D eigenvalue weighted by Gasteiger charge is 2.24. The minimum absolute atomic E-state index is 0.00742. The quantitative estimate of drug-likeness (QED) is 0.319. The molecule has 1 atom stereocenters. The average molecular weight is 400 g/mol. The Morgan fingerprint density at radius 2 is 1.93 bits per heavy atom. The van der Waals surface area contributed by atoms with Crippen LogP contribution in [-0.2, 0) is 20.7 Å². The number of amides is 1. The SMILES string of the molecule is C[C@@H](Sc1ccc([N+](=O)[O-])cc1)C(=O)OCC(=O)N1CCCc2ccccc21. The van der Waals surface area contributed by atoms with Gasteiger partial charge in [0.1, 0.15) is 5.25 Å². The Morgan fingerprint density at radius 1 is 1.21 bits per heavy atom. The summed E-state index contributed by atoms with van der Waals surface area (Å²) in [6.45, 7) is 1.98. The molecule has 0 fully saturated rings. The second kappa shape index (κ2) is 8.88. The second-order valence-electron chi connectivity index (χ2n) is 6.40. The minimum atomic E-state index is -0.539. The molecule has 1 heterocycles. The molecule has 8 heteroatoms. The number of thioether (sulfide) groups is 1. The molecular formula is C20H20N2O5S. The Morgan fingerprint density at radius 3 is 2.64 bits per heavy atom. The zero-order valence-electron chi connectivity index (χ0n) is 15.4. The molecule has 1 amide bonds. The molecule has 2 aromatic carbocycles. The number of fused-ring (bicyclic) bond motifs is 1. The van der Waals surface area contributed by atoms with Crippen LogP contribution in [0.2, 0.25) is 0 Å². The van der Waals surface area contributed by atoms with E-state index in [0.29, 0.717) is 11.4 Å². The van der Waals surface area contributed by atoms with Crippen LogP contribution in [0.15, 0.2) is 53.4 Å². The van der Waals surface area contributed by atoms with Gasteiger partial charge in [-0.25, -0.2) is 0 Å². The van der Waals surface area contributed by atoms with Crippen LogP contribution >= 0.6 is 11.8 Å². The van der Waals surface area contributed by atoms with Gasteiger partial charge in [-0.15, -0.1) is 11.8 Å². The number of nitro benzene ring substituents is 1. The van der Waals surface area contributed by atoms with Crippen molar-refractivity contribution in [2.75, 3.05) is 18.1 Å². The number of non-ortho nitro benzene ring substituents is 1. The van der Waals surface area contributed by atoms with E-state index in [1.165, 1.54) is 23.9 Å². The lowest BCUT2D eigenvalue weighted by Crippen LogP contribution is -2.38. The van der Waals surface area contributed by atoms with Crippen molar-refractivity contribution in [2.45, 2.75) is 29.9 Å². The number of rotatable bonds is 6. The van der Waals surface area contributed by atoms with E-state index in [0.717, 1.165) is 24.1 Å². The van der Waals surface area contributed by atoms with Gasteiger partial charge in [-0.1, -0.05) is 18.2 Å². The number of nitrogens with zero attached hydrogens (tertiary/aromatic N) is 2. The first-order valence-corrected chi connectivity index (χ1v) is 9.79. The van der Waals surface area contributed by atoms with Gasteiger partial charge < -0.3 is 9.64 Å². The van der Waals surface area contributed by atoms with E-state index in [1.54, 1.807) is 24.0 Å². The third-order valence-electron chi connectivity index (χ3n) is 4.44. The summed E-state index contributed by atoms with van der Waals surface area (Å²) in [5.41, 5.74) is 1.99. The fourth-order valence-corrected chi connectivity index (χ4v) is 3.89. The minimum Gasteiger partial charge on any atom is -0.455 e. The maximum absolute atomic E-state index is 12.5. The van der Waals surface area contributed by atoms with Gasteiger partial charge in [0.15, 0.2) is 6.61 Å². The normalized spacial score (nSPS) is 14.1. The fraction of sp³-hybridized carbons (Fsp3) is 0.300. The van der Waals surface area contributed by atoms with E-state index in [9.17, 15) is 19.7 Å². The molecule has 0 N–H and O–H groups in total. The highest BCUT2D eigenvalue weighted by molar-refractivity contribution is 8.00. The van der Waals surface area contributed by atoms with Crippen molar-refractivity contribution in [3.63, 3.8) is 0 Å². The first-order chi connectivity index (χ1) is 13.5. The van der Waals surface area contributed by atoms with Crippen LogP contribution in [0.25, 0.3) is 0 Å². The van der Waals surface area contributed by atoms with Crippen molar-refractivity contribution >= 4 is 35.0 Å². The van der Waals surface area contributed by atoms with Crippen LogP contribution in [0.1, 0.15) is 18.9 Å². The third-order valence-corrected chi connectivity index (χ3v) is 5.53. The summed E-state index contributed by atoms with van der Waals surface area (Å²) in [5.74, 6) is -0.741. The number of benzene rings is 2. The number of carbonyl (C=O) groups excluding carboxylic acids is 2. The number of para-hydroxylation sites is 1. The summed E-state index contributed by atoms with van der Waals surface area (Å²) in [5, 5.41) is 10.1. The summed E-state index contributed by atoms with van der Waals surface area (Å²) in [7, 11) is 0. The van der Waals surface area contributed by atoms with Crippen molar-refractivity contribution in [3.8, 4) is 0 Å². The zero-order chi connectivity index (χ0) is 20.1. The van der Waals surface area contributed by atoms with Crippen LogP contribution in [-0.4, -0.2) is 35.2 Å². The molecule has 1 aliphatic rings. The number of ether oxygens (including phenoxy) is 1. The lowest BCUT2D eigenvalue weighted by Gasteiger charge is -2.29. The molecule has 0 bridgehead atoms. The smallest absolute Gasteiger partial charge is 0.319 e. The summed E-state index contributed by atoms with van der Waals surface area (Å²) in [6.07, 6.45) is 1.81. The van der Waals surface area contributed by atoms with E-state index in [4.69, 9.17) is 4.74 Å². The average Bonchev–Trinajstić information content (AvgIpc) is 2.71. The van der Waals surface area contributed by atoms with Crippen molar-refractivity contribution in [1.82, 2.24) is 0 Å². The van der Waals surface area contributed by atoms with Gasteiger partial charge in [0.05, 0.1) is 4.92 Å². The maximum Gasteiger partial charge on any atom is 0.319 e. The Hall–Kier alpha value is -2.87. The standard InChI is InChI=1S/C20H20N2O5S/c1-14(28-17-10-8-16(9-11-17)22(25)26)20(24)27-13-19(23)21-12-4-6-15-5-2-3-7-18(15)21/h2-3,5,7-11,14H,4,6,12-13H2,1H3/t14-/m1/s1. The molecule has 3 rings (SSSR count). The predicted octanol–water partition coefficient (Wildman–Crippen LogP) is 3.60. The first-order valence-electron chi connectivity index (χ1n) is 8.91. The van der Waals surface area contributed by atoms with Crippen LogP contribution in [0.3, 0.4) is 0 Å². The Balaban J connectivity index is 1.53. The number of aryl methyl sites for hydroxylation is 1. The molecule has 0 saturated carbocycles. The molecule has 7 nitrogen and oxygen atoms in total. The topological polar surface area (TPSA) is 89.7 Å². The number of nitro groups is 1. The van der Waals surface area contributed by atoms with Crippen LogP contribution in [0, 0.1) is 10.1 Å². The van der Waals surface area contributed by atoms with Crippen molar-refractivity contribution in [2.24, 2.45) is 0 Å². The van der Waals surface area contributed by atoms with E-state index in [1.807, 2.05) is 24.3 Å². The highest BCUT2D eigenvalue weighted by atomic mass is 32.2. The molecule has 0 saturated heterocycles.